The second-order valence-electron chi connectivity index (χ2n) is 4.20. The van der Waals surface area contributed by atoms with Crippen molar-refractivity contribution in [1.29, 1.82) is 0 Å². The smallest absolute Gasteiger partial charge is 0.351 e. The van der Waals surface area contributed by atoms with E-state index in [9.17, 15) is 9.18 Å². The molecule has 0 unspecified atom stereocenters. The van der Waals surface area contributed by atoms with Gasteiger partial charge in [0.25, 0.3) is 0 Å². The fourth-order valence-electron chi connectivity index (χ4n) is 1.44. The zero-order valence-electron chi connectivity index (χ0n) is 10.6. The molecule has 6 nitrogen and oxygen atoms in total. The standard InChI is InChI=1S/C11H18FN3O3/c1-6-4-15(11(17)14-9(6)13)10(8(3)12)18-7(2)5-16/h4,7-8,10,16H,5H2,1-3H3,(H2,13,14,17)/t7-,8-,10+/m0/s1. The van der Waals surface area contributed by atoms with Crippen molar-refractivity contribution < 1.29 is 14.2 Å². The fourth-order valence-corrected chi connectivity index (χ4v) is 1.44. The highest BCUT2D eigenvalue weighted by molar-refractivity contribution is 5.35. The van der Waals surface area contributed by atoms with Gasteiger partial charge in [0.05, 0.1) is 12.7 Å². The summed E-state index contributed by atoms with van der Waals surface area (Å²) in [6.45, 7) is 4.25. The average molecular weight is 259 g/mol. The molecule has 0 aliphatic heterocycles. The normalized spacial score (nSPS) is 16.3. The van der Waals surface area contributed by atoms with E-state index < -0.39 is 24.2 Å². The van der Waals surface area contributed by atoms with Crippen molar-refractivity contribution >= 4 is 5.82 Å². The number of rotatable bonds is 5. The fraction of sp³-hybridized carbons (Fsp3) is 0.636. The Morgan fingerprint density at radius 3 is 2.72 bits per heavy atom. The molecule has 0 aliphatic rings. The van der Waals surface area contributed by atoms with Crippen molar-refractivity contribution in [2.75, 3.05) is 12.3 Å². The van der Waals surface area contributed by atoms with Gasteiger partial charge in [0.1, 0.15) is 12.0 Å². The molecule has 1 rings (SSSR count). The number of hydrogen-bond donors (Lipinski definition) is 2. The van der Waals surface area contributed by atoms with Crippen LogP contribution in [0.5, 0.6) is 0 Å². The zero-order chi connectivity index (χ0) is 13.9. The van der Waals surface area contributed by atoms with Crippen LogP contribution in [0, 0.1) is 6.92 Å². The van der Waals surface area contributed by atoms with Crippen molar-refractivity contribution in [3.63, 3.8) is 0 Å². The quantitative estimate of drug-likeness (QED) is 0.798. The lowest BCUT2D eigenvalue weighted by atomic mass is 10.3. The van der Waals surface area contributed by atoms with Gasteiger partial charge in [-0.1, -0.05) is 0 Å². The molecule has 0 aliphatic carbocycles. The third-order valence-corrected chi connectivity index (χ3v) is 2.47. The van der Waals surface area contributed by atoms with E-state index in [-0.39, 0.29) is 12.4 Å². The summed E-state index contributed by atoms with van der Waals surface area (Å²) < 4.78 is 19.9. The predicted molar refractivity (Wildman–Crippen MR) is 64.9 cm³/mol. The van der Waals surface area contributed by atoms with E-state index in [1.54, 1.807) is 13.8 Å². The van der Waals surface area contributed by atoms with Gasteiger partial charge in [0.15, 0.2) is 6.23 Å². The molecule has 0 amide bonds. The largest absolute Gasteiger partial charge is 0.394 e. The summed E-state index contributed by atoms with van der Waals surface area (Å²) in [6.07, 6.45) is -1.75. The molecule has 0 bridgehead atoms. The molecule has 0 radical (unpaired) electrons. The summed E-state index contributed by atoms with van der Waals surface area (Å²) in [4.78, 5) is 15.3. The van der Waals surface area contributed by atoms with Crippen LogP contribution in [0.3, 0.4) is 0 Å². The minimum atomic E-state index is -1.43. The third kappa shape index (κ3) is 3.27. The number of nitrogen functional groups attached to an aromatic ring is 1. The number of aliphatic hydroxyl groups excluding tert-OH is 1. The monoisotopic (exact) mass is 259 g/mol. The average Bonchev–Trinajstić information content (AvgIpc) is 2.30. The number of nitrogens with zero attached hydrogens (tertiary/aromatic N) is 2. The van der Waals surface area contributed by atoms with Crippen molar-refractivity contribution in [1.82, 2.24) is 9.55 Å². The molecule has 1 aromatic heterocycles. The molecular weight excluding hydrogens is 241 g/mol. The van der Waals surface area contributed by atoms with E-state index in [1.807, 2.05) is 0 Å². The second-order valence-corrected chi connectivity index (χ2v) is 4.20. The molecule has 7 heteroatoms. The van der Waals surface area contributed by atoms with Crippen LogP contribution in [0.4, 0.5) is 10.2 Å². The Labute approximate surface area is 104 Å². The van der Waals surface area contributed by atoms with Crippen molar-refractivity contribution in [3.8, 4) is 0 Å². The number of nitrogens with two attached hydrogens (primary N) is 1. The van der Waals surface area contributed by atoms with Crippen LogP contribution in [0.15, 0.2) is 11.0 Å². The second kappa shape index (κ2) is 5.92. The van der Waals surface area contributed by atoms with Gasteiger partial charge in [0, 0.05) is 11.8 Å². The first-order chi connectivity index (χ1) is 8.36. The third-order valence-electron chi connectivity index (χ3n) is 2.47. The number of aliphatic hydroxyl groups is 1. The lowest BCUT2D eigenvalue weighted by Crippen LogP contribution is -2.35. The molecule has 102 valence electrons. The van der Waals surface area contributed by atoms with Crippen molar-refractivity contribution in [2.45, 2.75) is 39.3 Å². The predicted octanol–water partition coefficient (Wildman–Crippen LogP) is 0.388. The highest BCUT2D eigenvalue weighted by atomic mass is 19.1. The van der Waals surface area contributed by atoms with E-state index >= 15 is 0 Å². The Bertz CT molecular complexity index is 461. The van der Waals surface area contributed by atoms with E-state index in [0.717, 1.165) is 4.57 Å². The zero-order valence-corrected chi connectivity index (χ0v) is 10.6. The lowest BCUT2D eigenvalue weighted by Gasteiger charge is -2.24. The first-order valence-electron chi connectivity index (χ1n) is 5.62. The van der Waals surface area contributed by atoms with Crippen LogP contribution in [-0.4, -0.2) is 33.5 Å². The minimum Gasteiger partial charge on any atom is -0.394 e. The van der Waals surface area contributed by atoms with E-state index in [2.05, 4.69) is 4.98 Å². The van der Waals surface area contributed by atoms with Gasteiger partial charge in [-0.3, -0.25) is 4.57 Å². The SMILES string of the molecule is Cc1cn([C@H](O[C@@H](C)CO)[C@H](C)F)c(=O)nc1N. The van der Waals surface area contributed by atoms with E-state index in [0.29, 0.717) is 5.56 Å². The summed E-state index contributed by atoms with van der Waals surface area (Å²) in [5.74, 6) is 0.108. The highest BCUT2D eigenvalue weighted by Crippen LogP contribution is 2.18. The first kappa shape index (κ1) is 14.6. The Hall–Kier alpha value is -1.47. The number of alkyl halides is 1. The topological polar surface area (TPSA) is 90.4 Å². The molecule has 18 heavy (non-hydrogen) atoms. The summed E-state index contributed by atoms with van der Waals surface area (Å²) in [6, 6.07) is 0. The van der Waals surface area contributed by atoms with Crippen LogP contribution in [0.2, 0.25) is 0 Å². The molecule has 1 aromatic rings. The molecule has 0 spiro atoms. The van der Waals surface area contributed by atoms with Gasteiger partial charge in [-0.25, -0.2) is 9.18 Å². The maximum Gasteiger partial charge on any atom is 0.351 e. The summed E-state index contributed by atoms with van der Waals surface area (Å²) in [5, 5.41) is 8.91. The first-order valence-corrected chi connectivity index (χ1v) is 5.62. The number of ether oxygens (including phenoxy) is 1. The summed E-state index contributed by atoms with van der Waals surface area (Å²) >= 11 is 0. The number of anilines is 1. The Morgan fingerprint density at radius 1 is 1.61 bits per heavy atom. The number of aromatic nitrogens is 2. The Kier molecular flexibility index (Phi) is 4.80. The van der Waals surface area contributed by atoms with Crippen LogP contribution in [0.1, 0.15) is 25.6 Å². The highest BCUT2D eigenvalue weighted by Gasteiger charge is 2.23. The summed E-state index contributed by atoms with van der Waals surface area (Å²) in [7, 11) is 0. The molecule has 1 heterocycles. The van der Waals surface area contributed by atoms with Crippen molar-refractivity contribution in [3.05, 3.63) is 22.2 Å². The molecule has 0 aromatic carbocycles. The van der Waals surface area contributed by atoms with Gasteiger partial charge >= 0.3 is 5.69 Å². The molecule has 0 fully saturated rings. The minimum absolute atomic E-state index is 0.108. The van der Waals surface area contributed by atoms with Gasteiger partial charge < -0.3 is 15.6 Å². The van der Waals surface area contributed by atoms with Crippen LogP contribution < -0.4 is 11.4 Å². The molecule has 3 N–H and O–H groups in total. The maximum atomic E-state index is 13.5. The lowest BCUT2D eigenvalue weighted by molar-refractivity contribution is -0.100. The number of aryl methyl sites for hydroxylation is 1. The van der Waals surface area contributed by atoms with Crippen LogP contribution in [-0.2, 0) is 4.74 Å². The summed E-state index contributed by atoms with van der Waals surface area (Å²) in [5.41, 5.74) is 5.37. The Balaban J connectivity index is 3.14. The molecule has 3 atom stereocenters. The van der Waals surface area contributed by atoms with Gasteiger partial charge in [-0.15, -0.1) is 0 Å². The molecule has 0 saturated carbocycles. The number of halogens is 1. The van der Waals surface area contributed by atoms with Crippen LogP contribution in [0.25, 0.3) is 0 Å². The maximum absolute atomic E-state index is 13.5. The van der Waals surface area contributed by atoms with Gasteiger partial charge in [0.2, 0.25) is 0 Å². The number of hydrogen-bond acceptors (Lipinski definition) is 5. The molecular formula is C11H18FN3O3. The van der Waals surface area contributed by atoms with E-state index in [1.165, 1.54) is 13.1 Å². The van der Waals surface area contributed by atoms with Gasteiger partial charge in [-0.2, -0.15) is 4.98 Å². The van der Waals surface area contributed by atoms with Crippen LogP contribution >= 0.6 is 0 Å². The van der Waals surface area contributed by atoms with Crippen molar-refractivity contribution in [2.24, 2.45) is 0 Å². The molecule has 0 saturated heterocycles. The van der Waals surface area contributed by atoms with E-state index in [4.69, 9.17) is 15.6 Å². The Morgan fingerprint density at radius 2 is 2.22 bits per heavy atom. The van der Waals surface area contributed by atoms with Gasteiger partial charge in [-0.05, 0) is 20.8 Å².